The summed E-state index contributed by atoms with van der Waals surface area (Å²) in [5, 5.41) is 5.39. The highest BCUT2D eigenvalue weighted by Crippen LogP contribution is 2.47. The Morgan fingerprint density at radius 2 is 2.00 bits per heavy atom. The largest absolute Gasteiger partial charge is 0.250 e. The first-order valence-electron chi connectivity index (χ1n) is 7.83. The molecule has 1 aliphatic carbocycles. The second-order valence-electron chi connectivity index (χ2n) is 7.44. The molecule has 1 saturated carbocycles. The van der Waals surface area contributed by atoms with Crippen LogP contribution in [0.1, 0.15) is 59.2 Å². The van der Waals surface area contributed by atoms with Crippen molar-refractivity contribution in [2.24, 2.45) is 16.7 Å². The van der Waals surface area contributed by atoms with E-state index in [1.54, 1.807) is 6.33 Å². The number of aromatic nitrogens is 3. The van der Waals surface area contributed by atoms with E-state index in [9.17, 15) is 0 Å². The van der Waals surface area contributed by atoms with Gasteiger partial charge in [-0.25, -0.2) is 4.98 Å². The number of hydrogen-bond donors (Lipinski definition) is 0. The Morgan fingerprint density at radius 1 is 1.35 bits per heavy atom. The highest BCUT2D eigenvalue weighted by molar-refractivity contribution is 9.09. The summed E-state index contributed by atoms with van der Waals surface area (Å²) in [6, 6.07) is 0. The van der Waals surface area contributed by atoms with E-state index in [0.717, 1.165) is 30.0 Å². The van der Waals surface area contributed by atoms with Gasteiger partial charge in [-0.3, -0.25) is 4.68 Å². The molecule has 1 aliphatic rings. The van der Waals surface area contributed by atoms with Crippen molar-refractivity contribution in [1.29, 1.82) is 0 Å². The standard InChI is InChI=1S/C16H28BrN3/c1-5-20-14(18-12-19-20)10-16(11-17)8-6-13(7-9-16)15(2,3)4/h12-13H,5-11H2,1-4H3. The molecule has 1 heterocycles. The van der Waals surface area contributed by atoms with Crippen LogP contribution < -0.4 is 0 Å². The Bertz CT molecular complexity index is 425. The first-order chi connectivity index (χ1) is 9.40. The minimum absolute atomic E-state index is 0.377. The smallest absolute Gasteiger partial charge is 0.138 e. The van der Waals surface area contributed by atoms with Crippen molar-refractivity contribution >= 4 is 15.9 Å². The van der Waals surface area contributed by atoms with Gasteiger partial charge in [-0.05, 0) is 49.4 Å². The van der Waals surface area contributed by atoms with Gasteiger partial charge in [0.2, 0.25) is 0 Å². The van der Waals surface area contributed by atoms with Crippen molar-refractivity contribution in [2.75, 3.05) is 5.33 Å². The zero-order chi connectivity index (χ0) is 14.8. The lowest BCUT2D eigenvalue weighted by Crippen LogP contribution is -2.36. The van der Waals surface area contributed by atoms with E-state index >= 15 is 0 Å². The van der Waals surface area contributed by atoms with Crippen LogP contribution in [-0.2, 0) is 13.0 Å². The molecule has 0 amide bonds. The van der Waals surface area contributed by atoms with Gasteiger partial charge in [-0.15, -0.1) is 0 Å². The lowest BCUT2D eigenvalue weighted by Gasteiger charge is -2.43. The van der Waals surface area contributed by atoms with E-state index in [0.29, 0.717) is 10.8 Å². The summed E-state index contributed by atoms with van der Waals surface area (Å²) < 4.78 is 2.04. The van der Waals surface area contributed by atoms with Gasteiger partial charge in [0.1, 0.15) is 12.2 Å². The van der Waals surface area contributed by atoms with E-state index < -0.39 is 0 Å². The van der Waals surface area contributed by atoms with E-state index in [4.69, 9.17) is 0 Å². The number of halogens is 1. The average Bonchev–Trinajstić information content (AvgIpc) is 2.85. The molecule has 114 valence electrons. The summed E-state index contributed by atoms with van der Waals surface area (Å²) in [6.45, 7) is 10.2. The molecule has 0 aliphatic heterocycles. The molecule has 20 heavy (non-hydrogen) atoms. The molecule has 0 bridgehead atoms. The third kappa shape index (κ3) is 3.44. The maximum Gasteiger partial charge on any atom is 0.138 e. The van der Waals surface area contributed by atoms with Crippen LogP contribution in [0.25, 0.3) is 0 Å². The minimum atomic E-state index is 0.377. The first kappa shape index (κ1) is 16.0. The highest BCUT2D eigenvalue weighted by atomic mass is 79.9. The van der Waals surface area contributed by atoms with Crippen LogP contribution in [0.4, 0.5) is 0 Å². The summed E-state index contributed by atoms with van der Waals surface area (Å²) in [5.74, 6) is 2.01. The van der Waals surface area contributed by atoms with Crippen LogP contribution in [0.5, 0.6) is 0 Å². The number of nitrogens with zero attached hydrogens (tertiary/aromatic N) is 3. The van der Waals surface area contributed by atoms with Gasteiger partial charge in [-0.1, -0.05) is 36.7 Å². The molecule has 3 nitrogen and oxygen atoms in total. The van der Waals surface area contributed by atoms with Gasteiger partial charge in [-0.2, -0.15) is 5.10 Å². The summed E-state index contributed by atoms with van der Waals surface area (Å²) in [5.41, 5.74) is 0.823. The average molecular weight is 342 g/mol. The highest BCUT2D eigenvalue weighted by Gasteiger charge is 2.39. The van der Waals surface area contributed by atoms with Crippen LogP contribution in [-0.4, -0.2) is 20.1 Å². The topological polar surface area (TPSA) is 30.7 Å². The van der Waals surface area contributed by atoms with E-state index in [1.165, 1.54) is 25.7 Å². The fraction of sp³-hybridized carbons (Fsp3) is 0.875. The quantitative estimate of drug-likeness (QED) is 0.757. The number of aryl methyl sites for hydroxylation is 1. The number of rotatable bonds is 4. The SMILES string of the molecule is CCn1ncnc1CC1(CBr)CCC(C(C)(C)C)CC1. The minimum Gasteiger partial charge on any atom is -0.250 e. The summed E-state index contributed by atoms with van der Waals surface area (Å²) in [7, 11) is 0. The predicted octanol–water partition coefficient (Wildman–Crippen LogP) is 4.46. The zero-order valence-corrected chi connectivity index (χ0v) is 14.9. The second-order valence-corrected chi connectivity index (χ2v) is 8.00. The molecular formula is C16H28BrN3. The normalized spacial score (nSPS) is 27.8. The Hall–Kier alpha value is -0.380. The van der Waals surface area contributed by atoms with E-state index in [2.05, 4.69) is 53.7 Å². The molecule has 0 atom stereocenters. The van der Waals surface area contributed by atoms with Gasteiger partial charge in [0.25, 0.3) is 0 Å². The molecule has 0 unspecified atom stereocenters. The monoisotopic (exact) mass is 341 g/mol. The van der Waals surface area contributed by atoms with Gasteiger partial charge < -0.3 is 0 Å². The molecule has 2 rings (SSSR count). The van der Waals surface area contributed by atoms with Crippen molar-refractivity contribution in [2.45, 2.75) is 66.3 Å². The van der Waals surface area contributed by atoms with Gasteiger partial charge in [0.05, 0.1) is 0 Å². The maximum atomic E-state index is 4.47. The van der Waals surface area contributed by atoms with Gasteiger partial charge >= 0.3 is 0 Å². The van der Waals surface area contributed by atoms with Crippen LogP contribution in [0, 0.1) is 16.7 Å². The van der Waals surface area contributed by atoms with Crippen LogP contribution in [0.3, 0.4) is 0 Å². The third-order valence-corrected chi connectivity index (χ3v) is 6.27. The third-order valence-electron chi connectivity index (χ3n) is 5.08. The predicted molar refractivity (Wildman–Crippen MR) is 87.0 cm³/mol. The summed E-state index contributed by atoms with van der Waals surface area (Å²) >= 11 is 3.77. The zero-order valence-electron chi connectivity index (χ0n) is 13.3. The van der Waals surface area contributed by atoms with Crippen molar-refractivity contribution in [3.8, 4) is 0 Å². The van der Waals surface area contributed by atoms with E-state index in [-0.39, 0.29) is 0 Å². The first-order valence-corrected chi connectivity index (χ1v) is 8.95. The van der Waals surface area contributed by atoms with Gasteiger partial charge in [0.15, 0.2) is 0 Å². The van der Waals surface area contributed by atoms with Crippen LogP contribution >= 0.6 is 15.9 Å². The Balaban J connectivity index is 2.06. The fourth-order valence-corrected chi connectivity index (χ4v) is 4.24. The second kappa shape index (κ2) is 6.17. The molecular weight excluding hydrogens is 314 g/mol. The number of hydrogen-bond acceptors (Lipinski definition) is 2. The molecule has 1 fully saturated rings. The Morgan fingerprint density at radius 3 is 2.50 bits per heavy atom. The van der Waals surface area contributed by atoms with Crippen molar-refractivity contribution in [3.05, 3.63) is 12.2 Å². The summed E-state index contributed by atoms with van der Waals surface area (Å²) in [4.78, 5) is 4.47. The molecule has 0 N–H and O–H groups in total. The molecule has 1 aromatic heterocycles. The summed E-state index contributed by atoms with van der Waals surface area (Å²) in [6.07, 6.45) is 8.04. The lowest BCUT2D eigenvalue weighted by molar-refractivity contribution is 0.101. The molecule has 0 radical (unpaired) electrons. The van der Waals surface area contributed by atoms with Gasteiger partial charge in [0, 0.05) is 18.3 Å². The molecule has 4 heteroatoms. The van der Waals surface area contributed by atoms with E-state index in [1.807, 2.05) is 4.68 Å². The molecule has 0 spiro atoms. The molecule has 0 aromatic carbocycles. The Kier molecular flexibility index (Phi) is 4.93. The lowest BCUT2D eigenvalue weighted by atomic mass is 9.64. The number of alkyl halides is 1. The molecule has 0 saturated heterocycles. The van der Waals surface area contributed by atoms with Crippen LogP contribution in [0.2, 0.25) is 0 Å². The fourth-order valence-electron chi connectivity index (χ4n) is 3.48. The van der Waals surface area contributed by atoms with Crippen molar-refractivity contribution in [3.63, 3.8) is 0 Å². The van der Waals surface area contributed by atoms with Crippen molar-refractivity contribution in [1.82, 2.24) is 14.8 Å². The maximum absolute atomic E-state index is 4.47. The molecule has 1 aromatic rings. The van der Waals surface area contributed by atoms with Crippen LogP contribution in [0.15, 0.2) is 6.33 Å². The Labute approximate surface area is 131 Å². The van der Waals surface area contributed by atoms with Crippen molar-refractivity contribution < 1.29 is 0 Å².